The first-order chi connectivity index (χ1) is 8.19. The third kappa shape index (κ3) is 2.99. The number of aryl methyl sites for hydroxylation is 1. The van der Waals surface area contributed by atoms with Gasteiger partial charge in [-0.25, -0.2) is 0 Å². The molecule has 0 radical (unpaired) electrons. The van der Waals surface area contributed by atoms with Crippen molar-refractivity contribution in [2.24, 2.45) is 0 Å². The molecule has 0 atom stereocenters. The summed E-state index contributed by atoms with van der Waals surface area (Å²) >= 11 is 0.758. The van der Waals surface area contributed by atoms with Gasteiger partial charge in [-0.3, -0.25) is 4.98 Å². The molecule has 0 spiro atoms. The topological polar surface area (TPSA) is 53.4 Å². The number of hydrogen-bond donors (Lipinski definition) is 2. The Balaban J connectivity index is 2.24. The molecule has 1 heterocycles. The van der Waals surface area contributed by atoms with E-state index in [0.29, 0.717) is 6.42 Å². The maximum atomic E-state index is 9.33. The van der Waals surface area contributed by atoms with Crippen LogP contribution in [0.15, 0.2) is 41.6 Å². The Morgan fingerprint density at radius 3 is 2.71 bits per heavy atom. The van der Waals surface area contributed by atoms with Crippen LogP contribution in [-0.4, -0.2) is 14.6 Å². The molecule has 1 aromatic heterocycles. The van der Waals surface area contributed by atoms with E-state index >= 15 is 0 Å². The number of nitrogens with zero attached hydrogens (tertiary/aromatic N) is 1. The second-order valence-corrected chi connectivity index (χ2v) is 4.54. The molecule has 0 amide bonds. The molecule has 2 aromatic rings. The van der Waals surface area contributed by atoms with E-state index in [0.717, 1.165) is 33.6 Å². The van der Waals surface area contributed by atoms with E-state index < -0.39 is 0 Å². The van der Waals surface area contributed by atoms with Crippen molar-refractivity contribution in [1.82, 2.24) is 4.98 Å². The van der Waals surface area contributed by atoms with Crippen molar-refractivity contribution in [3.05, 3.63) is 53.3 Å². The van der Waals surface area contributed by atoms with Gasteiger partial charge in [0.25, 0.3) is 0 Å². The van der Waals surface area contributed by atoms with Crippen molar-refractivity contribution in [3.63, 3.8) is 0 Å². The molecule has 0 bridgehead atoms. The Morgan fingerprint density at radius 2 is 2.00 bits per heavy atom. The highest BCUT2D eigenvalue weighted by Crippen LogP contribution is 2.22. The number of rotatable bonds is 3. The molecule has 88 valence electrons. The maximum absolute atomic E-state index is 9.33. The quantitative estimate of drug-likeness (QED) is 0.817. The summed E-state index contributed by atoms with van der Waals surface area (Å²) < 4.78 is 9.12. The lowest BCUT2D eigenvalue weighted by molar-refractivity contribution is 0.472. The molecule has 0 saturated heterocycles. The van der Waals surface area contributed by atoms with Gasteiger partial charge in [0.2, 0.25) is 0 Å². The van der Waals surface area contributed by atoms with Gasteiger partial charge >= 0.3 is 0 Å². The summed E-state index contributed by atoms with van der Waals surface area (Å²) in [6.45, 7) is 1.96. The van der Waals surface area contributed by atoms with E-state index in [4.69, 9.17) is 4.55 Å². The van der Waals surface area contributed by atoms with Crippen molar-refractivity contribution in [1.29, 1.82) is 0 Å². The summed E-state index contributed by atoms with van der Waals surface area (Å²) in [5.41, 5.74) is 3.08. The smallest absolute Gasteiger partial charge is 0.134 e. The van der Waals surface area contributed by atoms with Crippen LogP contribution in [0.3, 0.4) is 0 Å². The van der Waals surface area contributed by atoms with Crippen molar-refractivity contribution < 1.29 is 9.66 Å². The molecule has 2 rings (SSSR count). The van der Waals surface area contributed by atoms with Crippen LogP contribution in [0.1, 0.15) is 16.7 Å². The molecule has 0 aliphatic rings. The normalized spacial score (nSPS) is 10.5. The van der Waals surface area contributed by atoms with Crippen LogP contribution in [0, 0.1) is 6.92 Å². The van der Waals surface area contributed by atoms with E-state index in [2.05, 4.69) is 4.98 Å². The van der Waals surface area contributed by atoms with Gasteiger partial charge < -0.3 is 9.66 Å². The predicted molar refractivity (Wildman–Crippen MR) is 68.4 cm³/mol. The van der Waals surface area contributed by atoms with E-state index in [1.165, 1.54) is 6.20 Å². The lowest BCUT2D eigenvalue weighted by atomic mass is 10.1. The van der Waals surface area contributed by atoms with Gasteiger partial charge in [0.15, 0.2) is 0 Å². The Bertz CT molecular complexity index is 529. The average Bonchev–Trinajstić information content (AvgIpc) is 2.32. The standard InChI is InChI=1S/C13H13NO2S/c1-9-2-3-10(6-13(9)17-16)4-11-5-12(15)8-14-7-11/h2-3,5-8,15-16H,4H2,1H3. The van der Waals surface area contributed by atoms with Crippen LogP contribution >= 0.6 is 12.0 Å². The first kappa shape index (κ1) is 12.0. The second kappa shape index (κ2) is 5.21. The number of benzene rings is 1. The molecular formula is C13H13NO2S. The van der Waals surface area contributed by atoms with E-state index in [9.17, 15) is 5.11 Å². The fourth-order valence-corrected chi connectivity index (χ4v) is 2.08. The van der Waals surface area contributed by atoms with Gasteiger partial charge in [-0.15, -0.1) is 0 Å². The minimum atomic E-state index is 0.173. The molecule has 17 heavy (non-hydrogen) atoms. The highest BCUT2D eigenvalue weighted by Gasteiger charge is 2.02. The van der Waals surface area contributed by atoms with Crippen molar-refractivity contribution in [2.75, 3.05) is 0 Å². The SMILES string of the molecule is Cc1ccc(Cc2cncc(O)c2)cc1SO. The molecule has 3 nitrogen and oxygen atoms in total. The summed E-state index contributed by atoms with van der Waals surface area (Å²) in [5, 5.41) is 9.33. The molecule has 0 aliphatic carbocycles. The van der Waals surface area contributed by atoms with Gasteiger partial charge in [-0.2, -0.15) is 0 Å². The van der Waals surface area contributed by atoms with Gasteiger partial charge in [0, 0.05) is 23.1 Å². The van der Waals surface area contributed by atoms with Gasteiger partial charge in [-0.1, -0.05) is 12.1 Å². The minimum absolute atomic E-state index is 0.173. The van der Waals surface area contributed by atoms with E-state index in [1.807, 2.05) is 25.1 Å². The third-order valence-electron chi connectivity index (χ3n) is 2.54. The van der Waals surface area contributed by atoms with Crippen LogP contribution in [0.2, 0.25) is 0 Å². The summed E-state index contributed by atoms with van der Waals surface area (Å²) in [5.74, 6) is 0.173. The predicted octanol–water partition coefficient (Wildman–Crippen LogP) is 3.25. The Kier molecular flexibility index (Phi) is 3.66. The van der Waals surface area contributed by atoms with Crippen molar-refractivity contribution >= 4 is 12.0 Å². The van der Waals surface area contributed by atoms with Gasteiger partial charge in [-0.05, 0) is 42.2 Å². The highest BCUT2D eigenvalue weighted by molar-refractivity contribution is 7.93. The molecule has 4 heteroatoms. The summed E-state index contributed by atoms with van der Waals surface area (Å²) in [7, 11) is 0. The van der Waals surface area contributed by atoms with Crippen molar-refractivity contribution in [3.8, 4) is 5.75 Å². The van der Waals surface area contributed by atoms with Crippen LogP contribution in [0.4, 0.5) is 0 Å². The zero-order chi connectivity index (χ0) is 12.3. The Labute approximate surface area is 104 Å². The largest absolute Gasteiger partial charge is 0.506 e. The van der Waals surface area contributed by atoms with Crippen LogP contribution in [0.5, 0.6) is 5.75 Å². The number of hydrogen-bond acceptors (Lipinski definition) is 4. The van der Waals surface area contributed by atoms with Gasteiger partial charge in [0.1, 0.15) is 5.75 Å². The molecule has 2 N–H and O–H groups in total. The summed E-state index contributed by atoms with van der Waals surface area (Å²) in [6.07, 6.45) is 3.83. The molecule has 0 aliphatic heterocycles. The summed E-state index contributed by atoms with van der Waals surface area (Å²) in [6, 6.07) is 7.63. The summed E-state index contributed by atoms with van der Waals surface area (Å²) in [4.78, 5) is 4.79. The minimum Gasteiger partial charge on any atom is -0.506 e. The second-order valence-electron chi connectivity index (χ2n) is 3.92. The number of aromatic hydroxyl groups is 1. The number of pyridine rings is 1. The third-order valence-corrected chi connectivity index (χ3v) is 3.18. The molecule has 0 fully saturated rings. The molecule has 0 saturated carbocycles. The van der Waals surface area contributed by atoms with Crippen LogP contribution in [-0.2, 0) is 6.42 Å². The lowest BCUT2D eigenvalue weighted by Gasteiger charge is -2.06. The Morgan fingerprint density at radius 1 is 1.18 bits per heavy atom. The zero-order valence-corrected chi connectivity index (χ0v) is 10.2. The number of aromatic nitrogens is 1. The molecule has 1 aromatic carbocycles. The van der Waals surface area contributed by atoms with E-state index in [-0.39, 0.29) is 5.75 Å². The van der Waals surface area contributed by atoms with E-state index in [1.54, 1.807) is 12.3 Å². The highest BCUT2D eigenvalue weighted by atomic mass is 32.2. The molecular weight excluding hydrogens is 234 g/mol. The fourth-order valence-electron chi connectivity index (χ4n) is 1.66. The first-order valence-electron chi connectivity index (χ1n) is 5.23. The van der Waals surface area contributed by atoms with Gasteiger partial charge in [0.05, 0.1) is 6.20 Å². The van der Waals surface area contributed by atoms with Crippen molar-refractivity contribution in [2.45, 2.75) is 18.2 Å². The maximum Gasteiger partial charge on any atom is 0.134 e. The molecule has 0 unspecified atom stereocenters. The van der Waals surface area contributed by atoms with Crippen LogP contribution < -0.4 is 0 Å². The first-order valence-corrected chi connectivity index (χ1v) is 6.00. The van der Waals surface area contributed by atoms with Crippen LogP contribution in [0.25, 0.3) is 0 Å². The lowest BCUT2D eigenvalue weighted by Crippen LogP contribution is -1.91. The monoisotopic (exact) mass is 247 g/mol. The average molecular weight is 247 g/mol. The Hall–Kier alpha value is -1.52. The fraction of sp³-hybridized carbons (Fsp3) is 0.154. The zero-order valence-electron chi connectivity index (χ0n) is 9.42.